The van der Waals surface area contributed by atoms with Crippen LogP contribution in [-0.2, 0) is 6.54 Å². The Morgan fingerprint density at radius 3 is 2.50 bits per heavy atom. The van der Waals surface area contributed by atoms with Crippen molar-refractivity contribution >= 4 is 22.2 Å². The lowest BCUT2D eigenvalue weighted by Gasteiger charge is -2.36. The third kappa shape index (κ3) is 2.72. The molecule has 4 aromatic rings. The number of piperazine rings is 1. The first kappa shape index (κ1) is 15.4. The molecule has 130 valence electrons. The van der Waals surface area contributed by atoms with E-state index in [1.165, 1.54) is 16.8 Å². The van der Waals surface area contributed by atoms with Gasteiger partial charge in [-0.05, 0) is 29.8 Å². The molecule has 1 saturated heterocycles. The zero-order chi connectivity index (χ0) is 17.3. The molecule has 0 radical (unpaired) electrons. The molecule has 2 aromatic heterocycles. The monoisotopic (exact) mass is 342 g/mol. The first-order valence-electron chi connectivity index (χ1n) is 9.24. The maximum absolute atomic E-state index is 4.77. The van der Waals surface area contributed by atoms with Crippen molar-refractivity contribution in [2.45, 2.75) is 6.54 Å². The summed E-state index contributed by atoms with van der Waals surface area (Å²) in [6, 6.07) is 21.4. The lowest BCUT2D eigenvalue weighted by Crippen LogP contribution is -2.46. The van der Waals surface area contributed by atoms with Crippen LogP contribution < -0.4 is 4.90 Å². The second-order valence-electron chi connectivity index (χ2n) is 6.95. The van der Waals surface area contributed by atoms with Crippen molar-refractivity contribution in [3.8, 4) is 0 Å². The molecule has 3 heterocycles. The van der Waals surface area contributed by atoms with Crippen molar-refractivity contribution in [3.05, 3.63) is 78.6 Å². The number of anilines is 1. The average Bonchev–Trinajstić information content (AvgIpc) is 3.18. The summed E-state index contributed by atoms with van der Waals surface area (Å²) < 4.78 is 2.22. The van der Waals surface area contributed by atoms with Crippen LogP contribution >= 0.6 is 0 Å². The van der Waals surface area contributed by atoms with Gasteiger partial charge in [-0.15, -0.1) is 0 Å². The molecule has 0 unspecified atom stereocenters. The van der Waals surface area contributed by atoms with E-state index in [0.29, 0.717) is 0 Å². The number of fused-ring (bicyclic) bond motifs is 3. The molecule has 1 aliphatic rings. The molecule has 1 fully saturated rings. The summed E-state index contributed by atoms with van der Waals surface area (Å²) in [6.45, 7) is 5.27. The minimum atomic E-state index is 1.03. The van der Waals surface area contributed by atoms with Gasteiger partial charge < -0.3 is 9.30 Å². The Morgan fingerprint density at radius 1 is 0.808 bits per heavy atom. The van der Waals surface area contributed by atoms with Gasteiger partial charge in [0.1, 0.15) is 5.52 Å². The summed E-state index contributed by atoms with van der Waals surface area (Å²) in [5, 5.41) is 0. The van der Waals surface area contributed by atoms with Gasteiger partial charge in [0.05, 0.1) is 22.9 Å². The summed E-state index contributed by atoms with van der Waals surface area (Å²) in [7, 11) is 0. The molecular formula is C22H22N4. The third-order valence-corrected chi connectivity index (χ3v) is 5.32. The number of aromatic nitrogens is 2. The maximum atomic E-state index is 4.77. The highest BCUT2D eigenvalue weighted by Gasteiger charge is 2.19. The standard InChI is InChI=1S/C22H22N4/c1-2-6-18(7-3-1)17-24-12-14-25(15-13-24)20-9-4-10-21-22(20)23-16-19-8-5-11-26(19)21/h1-11,16H,12-15,17H2. The number of rotatable bonds is 3. The van der Waals surface area contributed by atoms with E-state index in [0.717, 1.165) is 43.8 Å². The minimum Gasteiger partial charge on any atom is -0.367 e. The van der Waals surface area contributed by atoms with E-state index >= 15 is 0 Å². The van der Waals surface area contributed by atoms with Crippen molar-refractivity contribution in [1.82, 2.24) is 14.3 Å². The summed E-state index contributed by atoms with van der Waals surface area (Å²) in [5.74, 6) is 0. The van der Waals surface area contributed by atoms with Crippen molar-refractivity contribution in [2.24, 2.45) is 0 Å². The van der Waals surface area contributed by atoms with Crippen LogP contribution in [-0.4, -0.2) is 40.5 Å². The van der Waals surface area contributed by atoms with Crippen molar-refractivity contribution in [3.63, 3.8) is 0 Å². The van der Waals surface area contributed by atoms with Crippen molar-refractivity contribution < 1.29 is 0 Å². The molecule has 1 aliphatic heterocycles. The molecule has 26 heavy (non-hydrogen) atoms. The topological polar surface area (TPSA) is 23.8 Å². The van der Waals surface area contributed by atoms with E-state index < -0.39 is 0 Å². The van der Waals surface area contributed by atoms with Gasteiger partial charge in [-0.3, -0.25) is 9.88 Å². The zero-order valence-electron chi connectivity index (χ0n) is 14.8. The number of hydrogen-bond donors (Lipinski definition) is 0. The Morgan fingerprint density at radius 2 is 1.65 bits per heavy atom. The van der Waals surface area contributed by atoms with E-state index in [-0.39, 0.29) is 0 Å². The van der Waals surface area contributed by atoms with Crippen molar-refractivity contribution in [2.75, 3.05) is 31.1 Å². The Balaban J connectivity index is 1.38. The van der Waals surface area contributed by atoms with E-state index in [9.17, 15) is 0 Å². The lowest BCUT2D eigenvalue weighted by atomic mass is 10.1. The van der Waals surface area contributed by atoms with Crippen LogP contribution in [0.5, 0.6) is 0 Å². The fourth-order valence-electron chi connectivity index (χ4n) is 3.94. The fourth-order valence-corrected chi connectivity index (χ4v) is 3.94. The lowest BCUT2D eigenvalue weighted by molar-refractivity contribution is 0.250. The first-order valence-corrected chi connectivity index (χ1v) is 9.24. The van der Waals surface area contributed by atoms with Crippen LogP contribution in [0.15, 0.2) is 73.1 Å². The predicted molar refractivity (Wildman–Crippen MR) is 107 cm³/mol. The Bertz CT molecular complexity index is 1030. The molecule has 5 rings (SSSR count). The normalized spacial score (nSPS) is 15.8. The van der Waals surface area contributed by atoms with Crippen LogP contribution in [0.3, 0.4) is 0 Å². The molecule has 4 heteroatoms. The second-order valence-corrected chi connectivity index (χ2v) is 6.95. The van der Waals surface area contributed by atoms with Gasteiger partial charge in [0.25, 0.3) is 0 Å². The van der Waals surface area contributed by atoms with Crippen LogP contribution in [0.25, 0.3) is 16.6 Å². The molecule has 0 amide bonds. The highest BCUT2D eigenvalue weighted by molar-refractivity contribution is 5.90. The SMILES string of the molecule is c1ccc(CN2CCN(c3cccc4c3ncc3cccn34)CC2)cc1. The van der Waals surface area contributed by atoms with Crippen LogP contribution in [0.1, 0.15) is 5.56 Å². The molecule has 0 saturated carbocycles. The minimum absolute atomic E-state index is 1.03. The average molecular weight is 342 g/mol. The van der Waals surface area contributed by atoms with E-state index in [1.54, 1.807) is 0 Å². The van der Waals surface area contributed by atoms with Gasteiger partial charge in [-0.1, -0.05) is 36.4 Å². The second kappa shape index (κ2) is 6.46. The Hall–Kier alpha value is -2.85. The molecule has 4 nitrogen and oxygen atoms in total. The van der Waals surface area contributed by atoms with E-state index in [4.69, 9.17) is 4.98 Å². The predicted octanol–water partition coefficient (Wildman–Crippen LogP) is 3.81. The van der Waals surface area contributed by atoms with Crippen molar-refractivity contribution in [1.29, 1.82) is 0 Å². The highest BCUT2D eigenvalue weighted by Crippen LogP contribution is 2.27. The first-order chi connectivity index (χ1) is 12.9. The smallest absolute Gasteiger partial charge is 0.110 e. The molecule has 0 spiro atoms. The van der Waals surface area contributed by atoms with Gasteiger partial charge in [-0.2, -0.15) is 0 Å². The van der Waals surface area contributed by atoms with Crippen LogP contribution in [0, 0.1) is 0 Å². The summed E-state index contributed by atoms with van der Waals surface area (Å²) in [5.41, 5.74) is 6.05. The van der Waals surface area contributed by atoms with Gasteiger partial charge in [0.15, 0.2) is 0 Å². The van der Waals surface area contributed by atoms with Crippen LogP contribution in [0.2, 0.25) is 0 Å². The Kier molecular flexibility index (Phi) is 3.83. The van der Waals surface area contributed by atoms with Gasteiger partial charge >= 0.3 is 0 Å². The quantitative estimate of drug-likeness (QED) is 0.566. The number of hydrogen-bond acceptors (Lipinski definition) is 3. The molecule has 0 bridgehead atoms. The summed E-state index contributed by atoms with van der Waals surface area (Å²) in [6.07, 6.45) is 4.08. The maximum Gasteiger partial charge on any atom is 0.110 e. The molecular weight excluding hydrogens is 320 g/mol. The zero-order valence-corrected chi connectivity index (χ0v) is 14.8. The van der Waals surface area contributed by atoms with Gasteiger partial charge in [0.2, 0.25) is 0 Å². The van der Waals surface area contributed by atoms with Gasteiger partial charge in [-0.25, -0.2) is 0 Å². The molecule has 0 atom stereocenters. The van der Waals surface area contributed by atoms with E-state index in [1.807, 2.05) is 6.20 Å². The van der Waals surface area contributed by atoms with Gasteiger partial charge in [0, 0.05) is 38.9 Å². The number of para-hydroxylation sites is 1. The Labute approximate surface area is 153 Å². The fraction of sp³-hybridized carbons (Fsp3) is 0.227. The number of nitrogens with zero attached hydrogens (tertiary/aromatic N) is 4. The van der Waals surface area contributed by atoms with E-state index in [2.05, 4.69) is 81.1 Å². The summed E-state index contributed by atoms with van der Waals surface area (Å²) in [4.78, 5) is 9.78. The molecule has 0 N–H and O–H groups in total. The van der Waals surface area contributed by atoms with Crippen LogP contribution in [0.4, 0.5) is 5.69 Å². The molecule has 0 aliphatic carbocycles. The number of benzene rings is 2. The third-order valence-electron chi connectivity index (χ3n) is 5.32. The summed E-state index contributed by atoms with van der Waals surface area (Å²) >= 11 is 0. The largest absolute Gasteiger partial charge is 0.367 e. The highest BCUT2D eigenvalue weighted by atomic mass is 15.3. The molecule has 2 aromatic carbocycles.